The molecule has 2 aliphatic rings. The van der Waals surface area contributed by atoms with Crippen LogP contribution in [-0.2, 0) is 7.05 Å². The van der Waals surface area contributed by atoms with Crippen LogP contribution in [0.3, 0.4) is 0 Å². The Balaban J connectivity index is 0.000000164. The molecule has 1 heterocycles. The van der Waals surface area contributed by atoms with E-state index in [1.54, 1.807) is 14.0 Å². The van der Waals surface area contributed by atoms with Crippen molar-refractivity contribution in [2.24, 2.45) is 7.05 Å². The fourth-order valence-electron chi connectivity index (χ4n) is 1.57. The van der Waals surface area contributed by atoms with E-state index in [4.69, 9.17) is 6.42 Å². The molecule has 0 spiro atoms. The highest BCUT2D eigenvalue weighted by atomic mass is 16.6. The zero-order valence-electron chi connectivity index (χ0n) is 10.0. The van der Waals surface area contributed by atoms with Gasteiger partial charge >= 0.3 is 5.82 Å². The van der Waals surface area contributed by atoms with Gasteiger partial charge in [0.2, 0.25) is 5.69 Å². The second-order valence-electron chi connectivity index (χ2n) is 3.87. The Morgan fingerprint density at radius 3 is 2.06 bits per heavy atom. The van der Waals surface area contributed by atoms with Gasteiger partial charge in [-0.2, -0.15) is 4.98 Å². The van der Waals surface area contributed by atoms with Crippen LogP contribution in [0.2, 0.25) is 0 Å². The van der Waals surface area contributed by atoms with Crippen molar-refractivity contribution in [2.45, 2.75) is 6.92 Å². The number of hydrogen-bond donors (Lipinski definition) is 0. The van der Waals surface area contributed by atoms with Crippen molar-refractivity contribution in [1.29, 1.82) is 0 Å². The maximum atomic E-state index is 10.5. The Kier molecular flexibility index (Phi) is 2.86. The van der Waals surface area contributed by atoms with Crippen LogP contribution in [-0.4, -0.2) is 14.5 Å². The number of aryl methyl sites for hydroxylation is 1. The quantitative estimate of drug-likeness (QED) is 0.373. The van der Waals surface area contributed by atoms with Gasteiger partial charge in [-0.25, -0.2) is 4.57 Å². The highest BCUT2D eigenvalue weighted by Gasteiger charge is 2.20. The molecule has 3 rings (SSSR count). The van der Waals surface area contributed by atoms with Crippen molar-refractivity contribution < 1.29 is 4.92 Å². The highest BCUT2D eigenvalue weighted by Crippen LogP contribution is 2.29. The van der Waals surface area contributed by atoms with Gasteiger partial charge < -0.3 is 10.1 Å². The number of rotatable bonds is 1. The molecule has 0 saturated heterocycles. The summed E-state index contributed by atoms with van der Waals surface area (Å²) in [7, 11) is 1.56. The van der Waals surface area contributed by atoms with E-state index < -0.39 is 4.92 Å². The van der Waals surface area contributed by atoms with Crippen LogP contribution in [0.4, 0.5) is 5.82 Å². The SMILES string of the molecule is C#Cc1nc(C)n(C)c1[N+](=O)[O-].c1cc2ccc1-2. The Bertz CT molecular complexity index is 627. The predicted molar refractivity (Wildman–Crippen MR) is 68.0 cm³/mol. The van der Waals surface area contributed by atoms with Crippen molar-refractivity contribution in [2.75, 3.05) is 0 Å². The summed E-state index contributed by atoms with van der Waals surface area (Å²) in [5.74, 6) is 2.57. The summed E-state index contributed by atoms with van der Waals surface area (Å²) in [6.45, 7) is 1.66. The first-order valence-electron chi connectivity index (χ1n) is 5.29. The van der Waals surface area contributed by atoms with E-state index in [-0.39, 0.29) is 11.5 Å². The van der Waals surface area contributed by atoms with Gasteiger partial charge in [0.1, 0.15) is 0 Å². The molecule has 0 bridgehead atoms. The maximum absolute atomic E-state index is 10.5. The molecule has 0 aliphatic heterocycles. The summed E-state index contributed by atoms with van der Waals surface area (Å²) in [5, 5.41) is 10.5. The summed E-state index contributed by atoms with van der Waals surface area (Å²) >= 11 is 0. The second kappa shape index (κ2) is 4.34. The molecule has 5 nitrogen and oxygen atoms in total. The van der Waals surface area contributed by atoms with Crippen molar-refractivity contribution in [3.8, 4) is 23.5 Å². The van der Waals surface area contributed by atoms with Gasteiger partial charge in [0, 0.05) is 6.92 Å². The lowest BCUT2D eigenvalue weighted by atomic mass is 9.95. The van der Waals surface area contributed by atoms with Crippen LogP contribution >= 0.6 is 0 Å². The molecule has 1 aromatic rings. The van der Waals surface area contributed by atoms with Gasteiger partial charge in [-0.1, -0.05) is 24.3 Å². The van der Waals surface area contributed by atoms with Crippen molar-refractivity contribution in [1.82, 2.24) is 9.55 Å². The average Bonchev–Trinajstić information content (AvgIpc) is 2.60. The third-order valence-electron chi connectivity index (χ3n) is 2.82. The van der Waals surface area contributed by atoms with Gasteiger partial charge in [0.25, 0.3) is 0 Å². The number of fused-ring (bicyclic) bond motifs is 1. The first kappa shape index (κ1) is 11.9. The lowest BCUT2D eigenvalue weighted by Gasteiger charge is -2.10. The average molecular weight is 241 g/mol. The number of aromatic nitrogens is 2. The Labute approximate surface area is 104 Å². The molecule has 90 valence electrons. The van der Waals surface area contributed by atoms with E-state index in [9.17, 15) is 10.1 Å². The molecule has 0 saturated carbocycles. The topological polar surface area (TPSA) is 61.0 Å². The lowest BCUT2D eigenvalue weighted by molar-refractivity contribution is -0.392. The summed E-state index contributed by atoms with van der Waals surface area (Å²) in [4.78, 5) is 13.8. The predicted octanol–water partition coefficient (Wildman–Crippen LogP) is 2.29. The van der Waals surface area contributed by atoms with Gasteiger partial charge in [0.15, 0.2) is 5.82 Å². The van der Waals surface area contributed by atoms with E-state index in [1.807, 2.05) is 0 Å². The Morgan fingerprint density at radius 1 is 1.33 bits per heavy atom. The van der Waals surface area contributed by atoms with E-state index in [0.717, 1.165) is 0 Å². The third-order valence-corrected chi connectivity index (χ3v) is 2.82. The largest absolute Gasteiger partial charge is 0.358 e. The van der Waals surface area contributed by atoms with E-state index in [1.165, 1.54) is 15.7 Å². The fourth-order valence-corrected chi connectivity index (χ4v) is 1.57. The minimum absolute atomic E-state index is 0.0833. The lowest BCUT2D eigenvalue weighted by Crippen LogP contribution is -1.99. The van der Waals surface area contributed by atoms with Gasteiger partial charge in [-0.05, 0) is 22.0 Å². The summed E-state index contributed by atoms with van der Waals surface area (Å²) in [5.41, 5.74) is 2.94. The minimum Gasteiger partial charge on any atom is -0.358 e. The number of terminal acetylenes is 1. The standard InChI is InChI=1S/C7H7N3O2.C6H4/c1-4-6-7(10(11)12)9(3)5(2)8-6;1-2-6-4-3-5(1)6/h1H,2-3H3;1-4H. The number of nitro groups is 1. The molecule has 5 heteroatoms. The minimum atomic E-state index is -0.533. The number of benzene rings is 1. The molecule has 1 aromatic heterocycles. The molecule has 0 radical (unpaired) electrons. The fraction of sp³-hybridized carbons (Fsp3) is 0.154. The molecular weight excluding hydrogens is 230 g/mol. The van der Waals surface area contributed by atoms with Crippen LogP contribution in [0.1, 0.15) is 11.5 Å². The summed E-state index contributed by atoms with van der Waals surface area (Å²) < 4.78 is 1.36. The van der Waals surface area contributed by atoms with Gasteiger partial charge in [0.05, 0.1) is 7.05 Å². The van der Waals surface area contributed by atoms with Crippen molar-refractivity contribution in [3.05, 3.63) is 45.9 Å². The van der Waals surface area contributed by atoms with Crippen molar-refractivity contribution >= 4 is 5.82 Å². The molecule has 0 aromatic carbocycles. The third kappa shape index (κ3) is 1.84. The first-order valence-corrected chi connectivity index (χ1v) is 5.29. The number of hydrogen-bond acceptors (Lipinski definition) is 3. The monoisotopic (exact) mass is 241 g/mol. The zero-order chi connectivity index (χ0) is 13.3. The molecule has 18 heavy (non-hydrogen) atoms. The second-order valence-corrected chi connectivity index (χ2v) is 3.87. The molecule has 0 unspecified atom stereocenters. The zero-order valence-corrected chi connectivity index (χ0v) is 10.0. The number of nitrogens with zero attached hydrogens (tertiary/aromatic N) is 3. The van der Waals surface area contributed by atoms with Crippen molar-refractivity contribution in [3.63, 3.8) is 0 Å². The normalized spacial score (nSPS) is 10.1. The molecule has 2 aliphatic carbocycles. The molecule has 0 atom stereocenters. The molecular formula is C13H11N3O2. The smallest absolute Gasteiger partial charge is 0.358 e. The molecule has 0 N–H and O–H groups in total. The van der Waals surface area contributed by atoms with Crippen LogP contribution in [0.25, 0.3) is 11.1 Å². The van der Waals surface area contributed by atoms with E-state index in [2.05, 4.69) is 35.2 Å². The first-order chi connectivity index (χ1) is 8.54. The summed E-state index contributed by atoms with van der Waals surface area (Å²) in [6, 6.07) is 8.48. The Hall–Kier alpha value is -2.61. The molecule has 0 amide bonds. The maximum Gasteiger partial charge on any atom is 0.358 e. The number of imidazole rings is 1. The van der Waals surface area contributed by atoms with E-state index >= 15 is 0 Å². The summed E-state index contributed by atoms with van der Waals surface area (Å²) in [6.07, 6.45) is 5.04. The van der Waals surface area contributed by atoms with Crippen LogP contribution in [0, 0.1) is 29.4 Å². The Morgan fingerprint density at radius 2 is 1.83 bits per heavy atom. The van der Waals surface area contributed by atoms with Crippen LogP contribution in [0.15, 0.2) is 24.3 Å². The molecule has 0 fully saturated rings. The van der Waals surface area contributed by atoms with E-state index in [0.29, 0.717) is 5.82 Å². The van der Waals surface area contributed by atoms with Gasteiger partial charge in [-0.3, -0.25) is 0 Å². The van der Waals surface area contributed by atoms with Gasteiger partial charge in [-0.15, -0.1) is 6.42 Å². The van der Waals surface area contributed by atoms with Crippen LogP contribution in [0.5, 0.6) is 0 Å². The van der Waals surface area contributed by atoms with Crippen LogP contribution < -0.4 is 0 Å². The highest BCUT2D eigenvalue weighted by molar-refractivity contribution is 5.75.